The fourth-order valence-corrected chi connectivity index (χ4v) is 4.38. The highest BCUT2D eigenvalue weighted by Gasteiger charge is 2.34. The quantitative estimate of drug-likeness (QED) is 0.796. The first-order chi connectivity index (χ1) is 14.5. The zero-order valence-corrected chi connectivity index (χ0v) is 17.8. The summed E-state index contributed by atoms with van der Waals surface area (Å²) in [5, 5.41) is 3.95. The number of para-hydroxylation sites is 1. The van der Waals surface area contributed by atoms with Gasteiger partial charge in [-0.1, -0.05) is 26.0 Å². The van der Waals surface area contributed by atoms with Crippen LogP contribution in [-0.4, -0.2) is 83.4 Å². The molecule has 1 aromatic carbocycles. The van der Waals surface area contributed by atoms with Crippen molar-refractivity contribution in [1.82, 2.24) is 25.1 Å². The molecule has 1 atom stereocenters. The monoisotopic (exact) mass is 410 g/mol. The van der Waals surface area contributed by atoms with E-state index in [9.17, 15) is 9.59 Å². The zero-order chi connectivity index (χ0) is 21.1. The average molecular weight is 411 g/mol. The molecule has 8 heteroatoms. The van der Waals surface area contributed by atoms with Gasteiger partial charge in [0.2, 0.25) is 11.8 Å². The molecule has 1 N–H and O–H groups in total. The third-order valence-corrected chi connectivity index (χ3v) is 5.86. The largest absolute Gasteiger partial charge is 0.353 e. The molecule has 2 aliphatic rings. The molecule has 2 amide bonds. The van der Waals surface area contributed by atoms with E-state index in [4.69, 9.17) is 0 Å². The Morgan fingerprint density at radius 2 is 1.90 bits per heavy atom. The first-order valence-corrected chi connectivity index (χ1v) is 10.8. The minimum absolute atomic E-state index is 0.0265. The number of carbonyl (C=O) groups excluding carboxylic acids is 2. The first-order valence-electron chi connectivity index (χ1n) is 10.8. The standard InChI is InChI=1S/C22H30N6O2/c1-16(2)14-28-8-7-23-22(30)19(28)13-20(29)26-9-11-27(12-10-26)21-17-5-3-4-6-18(17)24-15-25-21/h3-6,15-16,19H,7-14H2,1-2H3,(H,23,30). The molecule has 0 spiro atoms. The number of fused-ring (bicyclic) bond motifs is 1. The van der Waals surface area contributed by atoms with Gasteiger partial charge in [-0.05, 0) is 18.1 Å². The number of hydrogen-bond acceptors (Lipinski definition) is 6. The summed E-state index contributed by atoms with van der Waals surface area (Å²) in [6, 6.07) is 7.62. The van der Waals surface area contributed by atoms with Gasteiger partial charge in [0.05, 0.1) is 18.0 Å². The maximum atomic E-state index is 13.0. The number of nitrogens with one attached hydrogen (secondary N) is 1. The van der Waals surface area contributed by atoms with Crippen LogP contribution in [0.1, 0.15) is 20.3 Å². The number of anilines is 1. The van der Waals surface area contributed by atoms with E-state index in [0.29, 0.717) is 25.6 Å². The van der Waals surface area contributed by atoms with E-state index in [1.165, 1.54) is 0 Å². The Kier molecular flexibility index (Phi) is 6.13. The number of carbonyl (C=O) groups is 2. The van der Waals surface area contributed by atoms with Crippen molar-refractivity contribution >= 4 is 28.5 Å². The van der Waals surface area contributed by atoms with E-state index in [1.54, 1.807) is 6.33 Å². The van der Waals surface area contributed by atoms with Crippen molar-refractivity contribution in [3.05, 3.63) is 30.6 Å². The van der Waals surface area contributed by atoms with Gasteiger partial charge in [0.1, 0.15) is 12.1 Å². The highest BCUT2D eigenvalue weighted by molar-refractivity contribution is 5.90. The maximum Gasteiger partial charge on any atom is 0.237 e. The highest BCUT2D eigenvalue weighted by atomic mass is 16.2. The number of hydrogen-bond donors (Lipinski definition) is 1. The number of nitrogens with zero attached hydrogens (tertiary/aromatic N) is 5. The molecule has 0 radical (unpaired) electrons. The van der Waals surface area contributed by atoms with Gasteiger partial charge in [-0.15, -0.1) is 0 Å². The van der Waals surface area contributed by atoms with Crippen LogP contribution in [-0.2, 0) is 9.59 Å². The highest BCUT2D eigenvalue weighted by Crippen LogP contribution is 2.24. The molecule has 0 aliphatic carbocycles. The van der Waals surface area contributed by atoms with Crippen molar-refractivity contribution in [1.29, 1.82) is 0 Å². The lowest BCUT2D eigenvalue weighted by atomic mass is 10.0. The van der Waals surface area contributed by atoms with Crippen molar-refractivity contribution in [2.75, 3.05) is 50.7 Å². The molecule has 2 saturated heterocycles. The van der Waals surface area contributed by atoms with E-state index in [0.717, 1.165) is 42.9 Å². The molecule has 2 aromatic rings. The number of aromatic nitrogens is 2. The smallest absolute Gasteiger partial charge is 0.237 e. The predicted molar refractivity (Wildman–Crippen MR) is 116 cm³/mol. The Bertz CT molecular complexity index is 904. The van der Waals surface area contributed by atoms with Crippen LogP contribution in [0.25, 0.3) is 10.9 Å². The minimum atomic E-state index is -0.363. The minimum Gasteiger partial charge on any atom is -0.353 e. The summed E-state index contributed by atoms with van der Waals surface area (Å²) in [5.74, 6) is 1.40. The number of piperazine rings is 2. The maximum absolute atomic E-state index is 13.0. The first kappa shape index (κ1) is 20.5. The molecule has 1 aromatic heterocycles. The van der Waals surface area contributed by atoms with Crippen LogP contribution in [0.4, 0.5) is 5.82 Å². The molecule has 2 aliphatic heterocycles. The van der Waals surface area contributed by atoms with Crippen molar-refractivity contribution in [3.63, 3.8) is 0 Å². The molecule has 0 saturated carbocycles. The topological polar surface area (TPSA) is 81.7 Å². The Morgan fingerprint density at radius 1 is 1.13 bits per heavy atom. The molecular formula is C22H30N6O2. The van der Waals surface area contributed by atoms with E-state index < -0.39 is 0 Å². The summed E-state index contributed by atoms with van der Waals surface area (Å²) in [6.45, 7) is 9.28. The van der Waals surface area contributed by atoms with Crippen LogP contribution in [0.3, 0.4) is 0 Å². The van der Waals surface area contributed by atoms with E-state index >= 15 is 0 Å². The molecule has 8 nitrogen and oxygen atoms in total. The summed E-state index contributed by atoms with van der Waals surface area (Å²) in [6.07, 6.45) is 1.84. The van der Waals surface area contributed by atoms with Crippen LogP contribution in [0.15, 0.2) is 30.6 Å². The van der Waals surface area contributed by atoms with Crippen molar-refractivity contribution < 1.29 is 9.59 Å². The van der Waals surface area contributed by atoms with Crippen LogP contribution in [0.2, 0.25) is 0 Å². The Labute approximate surface area is 177 Å². The van der Waals surface area contributed by atoms with Gasteiger partial charge in [0.15, 0.2) is 0 Å². The third kappa shape index (κ3) is 4.38. The fraction of sp³-hybridized carbons (Fsp3) is 0.545. The Balaban J connectivity index is 1.38. The van der Waals surface area contributed by atoms with Gasteiger partial charge in [0, 0.05) is 51.2 Å². The lowest BCUT2D eigenvalue weighted by Gasteiger charge is -2.39. The molecule has 160 valence electrons. The summed E-state index contributed by atoms with van der Waals surface area (Å²) in [7, 11) is 0. The van der Waals surface area contributed by atoms with Gasteiger partial charge in [0.25, 0.3) is 0 Å². The summed E-state index contributed by atoms with van der Waals surface area (Å²) >= 11 is 0. The SMILES string of the molecule is CC(C)CN1CCNC(=O)C1CC(=O)N1CCN(c2ncnc3ccccc23)CC1. The normalized spacial score (nSPS) is 20.6. The summed E-state index contributed by atoms with van der Waals surface area (Å²) in [4.78, 5) is 40.5. The van der Waals surface area contributed by atoms with Gasteiger partial charge >= 0.3 is 0 Å². The Hall–Kier alpha value is -2.74. The van der Waals surface area contributed by atoms with Crippen LogP contribution in [0.5, 0.6) is 0 Å². The number of benzene rings is 1. The molecule has 0 bridgehead atoms. The predicted octanol–water partition coefficient (Wildman–Crippen LogP) is 1.12. The summed E-state index contributed by atoms with van der Waals surface area (Å²) < 4.78 is 0. The third-order valence-electron chi connectivity index (χ3n) is 5.86. The van der Waals surface area contributed by atoms with E-state index in [1.807, 2.05) is 29.2 Å². The molecule has 2 fully saturated rings. The van der Waals surface area contributed by atoms with Gasteiger partial charge in [-0.3, -0.25) is 14.5 Å². The van der Waals surface area contributed by atoms with Gasteiger partial charge < -0.3 is 15.1 Å². The average Bonchev–Trinajstić information content (AvgIpc) is 2.75. The van der Waals surface area contributed by atoms with E-state index in [-0.39, 0.29) is 24.3 Å². The zero-order valence-electron chi connectivity index (χ0n) is 17.8. The lowest BCUT2D eigenvalue weighted by molar-refractivity contribution is -0.139. The molecule has 1 unspecified atom stereocenters. The van der Waals surface area contributed by atoms with Crippen molar-refractivity contribution in [2.24, 2.45) is 5.92 Å². The molecule has 3 heterocycles. The van der Waals surface area contributed by atoms with E-state index in [2.05, 4.69) is 38.9 Å². The van der Waals surface area contributed by atoms with Crippen LogP contribution in [0, 0.1) is 5.92 Å². The molecular weight excluding hydrogens is 380 g/mol. The van der Waals surface area contributed by atoms with Crippen LogP contribution < -0.4 is 10.2 Å². The van der Waals surface area contributed by atoms with Crippen molar-refractivity contribution in [2.45, 2.75) is 26.3 Å². The fourth-order valence-electron chi connectivity index (χ4n) is 4.38. The van der Waals surface area contributed by atoms with Gasteiger partial charge in [-0.2, -0.15) is 0 Å². The second-order valence-corrected chi connectivity index (χ2v) is 8.48. The lowest BCUT2D eigenvalue weighted by Crippen LogP contribution is -2.58. The van der Waals surface area contributed by atoms with Crippen LogP contribution >= 0.6 is 0 Å². The second kappa shape index (κ2) is 8.95. The van der Waals surface area contributed by atoms with Crippen molar-refractivity contribution in [3.8, 4) is 0 Å². The molecule has 30 heavy (non-hydrogen) atoms. The number of rotatable bonds is 5. The Morgan fingerprint density at radius 3 is 2.67 bits per heavy atom. The second-order valence-electron chi connectivity index (χ2n) is 8.48. The number of amides is 2. The van der Waals surface area contributed by atoms with Gasteiger partial charge in [-0.25, -0.2) is 9.97 Å². The summed E-state index contributed by atoms with van der Waals surface area (Å²) in [5.41, 5.74) is 0.926. The molecule has 4 rings (SSSR count).